The first kappa shape index (κ1) is 9.71. The maximum Gasteiger partial charge on any atom is 0.196 e. The van der Waals surface area contributed by atoms with Crippen LogP contribution in [0.25, 0.3) is 0 Å². The third-order valence-corrected chi connectivity index (χ3v) is 1.81. The maximum atomic E-state index is 5.64. The van der Waals surface area contributed by atoms with Crippen molar-refractivity contribution in [3.8, 4) is 0 Å². The minimum absolute atomic E-state index is 0.166. The molecule has 0 saturated heterocycles. The molecule has 0 aliphatic rings. The molecule has 0 radical (unpaired) electrons. The molecule has 1 atom stereocenters. The van der Waals surface area contributed by atoms with Crippen molar-refractivity contribution in [1.29, 1.82) is 0 Å². The Bertz CT molecular complexity index is 441. The highest BCUT2D eigenvalue weighted by molar-refractivity contribution is 4.89. The van der Waals surface area contributed by atoms with E-state index in [1.54, 1.807) is 18.1 Å². The average molecular weight is 208 g/mol. The molecule has 0 bridgehead atoms. The van der Waals surface area contributed by atoms with Gasteiger partial charge in [-0.2, -0.15) is 9.90 Å². The van der Waals surface area contributed by atoms with E-state index in [1.165, 1.54) is 4.80 Å². The molecule has 80 valence electrons. The first-order chi connectivity index (χ1) is 7.15. The lowest BCUT2D eigenvalue weighted by Gasteiger charge is -1.96. The van der Waals surface area contributed by atoms with Crippen LogP contribution < -0.4 is 5.73 Å². The number of hydrogen-bond acceptors (Lipinski definition) is 6. The Morgan fingerprint density at radius 3 is 2.80 bits per heavy atom. The van der Waals surface area contributed by atoms with Crippen LogP contribution in [0.2, 0.25) is 0 Å². The largest absolute Gasteiger partial charge is 0.321 e. The third-order valence-electron chi connectivity index (χ3n) is 1.81. The molecule has 0 aliphatic carbocycles. The summed E-state index contributed by atoms with van der Waals surface area (Å²) >= 11 is 0. The number of aromatic nitrogens is 7. The van der Waals surface area contributed by atoms with Crippen LogP contribution in [0.1, 0.15) is 24.6 Å². The zero-order valence-corrected chi connectivity index (χ0v) is 8.57. The van der Waals surface area contributed by atoms with Crippen LogP contribution in [0.4, 0.5) is 0 Å². The number of tetrazole rings is 1. The van der Waals surface area contributed by atoms with Gasteiger partial charge in [0.05, 0.1) is 13.1 Å². The van der Waals surface area contributed by atoms with E-state index in [0.717, 1.165) is 0 Å². The van der Waals surface area contributed by atoms with Crippen LogP contribution in [0, 0.1) is 0 Å². The van der Waals surface area contributed by atoms with E-state index in [9.17, 15) is 0 Å². The minimum Gasteiger partial charge on any atom is -0.321 e. The summed E-state index contributed by atoms with van der Waals surface area (Å²) < 4.78 is 1.63. The molecule has 0 saturated carbocycles. The van der Waals surface area contributed by atoms with E-state index < -0.39 is 0 Å². The van der Waals surface area contributed by atoms with Crippen molar-refractivity contribution in [3.05, 3.63) is 18.0 Å². The molecule has 1 unspecified atom stereocenters. The van der Waals surface area contributed by atoms with Gasteiger partial charge in [-0.05, 0) is 12.1 Å². The summed E-state index contributed by atoms with van der Waals surface area (Å²) in [6.07, 6.45) is 1.61. The lowest BCUT2D eigenvalue weighted by molar-refractivity contribution is 0.610. The molecular formula is C7H12N8. The standard InChI is InChI=1S/C7H12N8/c1-5(8)7-9-4-15(12-7)3-6-10-13-14(2)11-6/h4-5H,3,8H2,1-2H3. The second-order valence-electron chi connectivity index (χ2n) is 3.28. The van der Waals surface area contributed by atoms with Crippen LogP contribution in [0.15, 0.2) is 6.33 Å². The first-order valence-electron chi connectivity index (χ1n) is 4.53. The van der Waals surface area contributed by atoms with E-state index in [0.29, 0.717) is 18.2 Å². The number of rotatable bonds is 3. The van der Waals surface area contributed by atoms with Gasteiger partial charge in [-0.3, -0.25) is 0 Å². The SMILES string of the molecule is CC(N)c1ncn(Cc2nnn(C)n2)n1. The van der Waals surface area contributed by atoms with Gasteiger partial charge in [0.15, 0.2) is 11.6 Å². The maximum absolute atomic E-state index is 5.64. The molecule has 2 N–H and O–H groups in total. The van der Waals surface area contributed by atoms with Crippen LogP contribution in [-0.4, -0.2) is 35.0 Å². The van der Waals surface area contributed by atoms with Crippen molar-refractivity contribution in [2.45, 2.75) is 19.5 Å². The molecule has 15 heavy (non-hydrogen) atoms. The summed E-state index contributed by atoms with van der Waals surface area (Å²) in [6.45, 7) is 2.29. The van der Waals surface area contributed by atoms with Gasteiger partial charge in [-0.15, -0.1) is 10.2 Å². The third kappa shape index (κ3) is 2.15. The van der Waals surface area contributed by atoms with Crippen LogP contribution in [0.5, 0.6) is 0 Å². The van der Waals surface area contributed by atoms with Crippen molar-refractivity contribution in [2.24, 2.45) is 12.8 Å². The summed E-state index contributed by atoms with van der Waals surface area (Å²) in [7, 11) is 1.71. The Hall–Kier alpha value is -1.83. The normalized spacial score (nSPS) is 13.0. The van der Waals surface area contributed by atoms with Crippen molar-refractivity contribution in [1.82, 2.24) is 35.0 Å². The molecule has 0 aliphatic heterocycles. The first-order valence-corrected chi connectivity index (χ1v) is 4.53. The summed E-state index contributed by atoms with van der Waals surface area (Å²) in [6, 6.07) is -0.166. The minimum atomic E-state index is -0.166. The van der Waals surface area contributed by atoms with E-state index >= 15 is 0 Å². The summed E-state index contributed by atoms with van der Waals surface area (Å²) in [5, 5.41) is 15.8. The fourth-order valence-electron chi connectivity index (χ4n) is 1.13. The molecule has 2 heterocycles. The van der Waals surface area contributed by atoms with Crippen LogP contribution >= 0.6 is 0 Å². The molecule has 0 amide bonds. The number of aryl methyl sites for hydroxylation is 1. The van der Waals surface area contributed by atoms with Gasteiger partial charge in [-0.25, -0.2) is 9.67 Å². The molecule has 0 fully saturated rings. The highest BCUT2D eigenvalue weighted by Crippen LogP contribution is 2.01. The summed E-state index contributed by atoms with van der Waals surface area (Å²) in [5.41, 5.74) is 5.64. The highest BCUT2D eigenvalue weighted by atomic mass is 15.6. The van der Waals surface area contributed by atoms with Gasteiger partial charge in [0.2, 0.25) is 0 Å². The van der Waals surface area contributed by atoms with Crippen molar-refractivity contribution >= 4 is 0 Å². The topological polar surface area (TPSA) is 100 Å². The molecule has 2 aromatic heterocycles. The summed E-state index contributed by atoms with van der Waals surface area (Å²) in [4.78, 5) is 5.46. The Morgan fingerprint density at radius 1 is 1.47 bits per heavy atom. The molecule has 8 nitrogen and oxygen atoms in total. The molecular weight excluding hydrogens is 196 g/mol. The molecule has 0 aromatic carbocycles. The quantitative estimate of drug-likeness (QED) is 0.685. The van der Waals surface area contributed by atoms with Crippen molar-refractivity contribution < 1.29 is 0 Å². The Balaban J connectivity index is 2.11. The van der Waals surface area contributed by atoms with Crippen LogP contribution in [0.3, 0.4) is 0 Å². The van der Waals surface area contributed by atoms with Gasteiger partial charge in [0.25, 0.3) is 0 Å². The van der Waals surface area contributed by atoms with E-state index in [1.807, 2.05) is 6.92 Å². The van der Waals surface area contributed by atoms with Gasteiger partial charge < -0.3 is 5.73 Å². The molecule has 0 spiro atoms. The van der Waals surface area contributed by atoms with E-state index in [-0.39, 0.29) is 6.04 Å². The lowest BCUT2D eigenvalue weighted by atomic mass is 10.4. The Kier molecular flexibility index (Phi) is 2.42. The highest BCUT2D eigenvalue weighted by Gasteiger charge is 2.07. The molecule has 2 aromatic rings. The van der Waals surface area contributed by atoms with Crippen molar-refractivity contribution in [2.75, 3.05) is 0 Å². The number of nitrogens with zero attached hydrogens (tertiary/aromatic N) is 7. The zero-order valence-electron chi connectivity index (χ0n) is 8.57. The zero-order chi connectivity index (χ0) is 10.8. The average Bonchev–Trinajstić information content (AvgIpc) is 2.76. The summed E-state index contributed by atoms with van der Waals surface area (Å²) in [5.74, 6) is 1.21. The van der Waals surface area contributed by atoms with Gasteiger partial charge in [0.1, 0.15) is 12.9 Å². The van der Waals surface area contributed by atoms with Gasteiger partial charge >= 0.3 is 0 Å². The van der Waals surface area contributed by atoms with Gasteiger partial charge in [0, 0.05) is 0 Å². The Labute approximate surface area is 86.1 Å². The molecule has 8 heteroatoms. The fraction of sp³-hybridized carbons (Fsp3) is 0.571. The lowest BCUT2D eigenvalue weighted by Crippen LogP contribution is -2.09. The van der Waals surface area contributed by atoms with Crippen molar-refractivity contribution in [3.63, 3.8) is 0 Å². The number of nitrogens with two attached hydrogens (primary N) is 1. The van der Waals surface area contributed by atoms with E-state index in [2.05, 4.69) is 25.5 Å². The Morgan fingerprint density at radius 2 is 2.27 bits per heavy atom. The van der Waals surface area contributed by atoms with Crippen LogP contribution in [-0.2, 0) is 13.6 Å². The predicted molar refractivity (Wildman–Crippen MR) is 50.5 cm³/mol. The van der Waals surface area contributed by atoms with Gasteiger partial charge in [-0.1, -0.05) is 0 Å². The monoisotopic (exact) mass is 208 g/mol. The molecule has 2 rings (SSSR count). The van der Waals surface area contributed by atoms with E-state index in [4.69, 9.17) is 5.73 Å². The number of hydrogen-bond donors (Lipinski definition) is 1. The smallest absolute Gasteiger partial charge is 0.196 e. The second kappa shape index (κ2) is 3.73. The second-order valence-corrected chi connectivity index (χ2v) is 3.28. The predicted octanol–water partition coefficient (Wildman–Crippen LogP) is -1.13. The fourth-order valence-corrected chi connectivity index (χ4v) is 1.13.